The highest BCUT2D eigenvalue weighted by atomic mass is 16.3. The molecule has 0 atom stereocenters. The molecule has 0 amide bonds. The smallest absolute Gasteiger partial charge is 0.105 e. The first-order chi connectivity index (χ1) is 7.67. The molecule has 1 heterocycles. The van der Waals surface area contributed by atoms with Crippen molar-refractivity contribution < 1.29 is 5.11 Å². The second-order valence-electron chi connectivity index (χ2n) is 4.24. The minimum absolute atomic E-state index is 0.117. The van der Waals surface area contributed by atoms with Crippen LogP contribution in [0.3, 0.4) is 0 Å². The zero-order valence-electron chi connectivity index (χ0n) is 10.5. The summed E-state index contributed by atoms with van der Waals surface area (Å²) in [5, 5.41) is 12.9. The van der Waals surface area contributed by atoms with Crippen LogP contribution in [0, 0.1) is 6.92 Å². The van der Waals surface area contributed by atoms with Gasteiger partial charge in [-0.1, -0.05) is 13.8 Å². The molecule has 1 aromatic rings. The number of imidazole rings is 1. The number of hydrogen-bond acceptors (Lipinski definition) is 3. The Hall–Kier alpha value is -0.870. The number of aliphatic hydroxyl groups is 1. The van der Waals surface area contributed by atoms with Gasteiger partial charge in [0.1, 0.15) is 5.82 Å². The molecule has 0 aliphatic carbocycles. The largest absolute Gasteiger partial charge is 0.394 e. The molecule has 92 valence electrons. The van der Waals surface area contributed by atoms with E-state index in [-0.39, 0.29) is 12.1 Å². The van der Waals surface area contributed by atoms with Crippen molar-refractivity contribution >= 4 is 0 Å². The Kier molecular flexibility index (Phi) is 4.96. The summed E-state index contributed by atoms with van der Waals surface area (Å²) in [6.45, 7) is 8.17. The third-order valence-electron chi connectivity index (χ3n) is 3.43. The van der Waals surface area contributed by atoms with E-state index in [1.54, 1.807) is 0 Å². The van der Waals surface area contributed by atoms with Crippen molar-refractivity contribution in [3.05, 3.63) is 18.2 Å². The first-order valence-corrected chi connectivity index (χ1v) is 6.01. The number of nitrogens with one attached hydrogen (secondary N) is 1. The molecule has 4 nitrogen and oxygen atoms in total. The molecule has 0 fully saturated rings. The molecule has 16 heavy (non-hydrogen) atoms. The van der Waals surface area contributed by atoms with Gasteiger partial charge in [-0.2, -0.15) is 0 Å². The monoisotopic (exact) mass is 225 g/mol. The maximum atomic E-state index is 9.41. The van der Waals surface area contributed by atoms with Crippen molar-refractivity contribution in [3.8, 4) is 0 Å². The second kappa shape index (κ2) is 6.01. The van der Waals surface area contributed by atoms with Gasteiger partial charge in [0.25, 0.3) is 0 Å². The first-order valence-electron chi connectivity index (χ1n) is 6.01. The highest BCUT2D eigenvalue weighted by molar-refractivity contribution is 4.89. The Morgan fingerprint density at radius 1 is 1.44 bits per heavy atom. The summed E-state index contributed by atoms with van der Waals surface area (Å²) in [4.78, 5) is 4.18. The van der Waals surface area contributed by atoms with Gasteiger partial charge in [0, 0.05) is 31.0 Å². The molecule has 1 rings (SSSR count). The lowest BCUT2D eigenvalue weighted by atomic mass is 9.94. The number of aromatic nitrogens is 2. The Balaban J connectivity index is 2.42. The highest BCUT2D eigenvalue weighted by Gasteiger charge is 2.23. The fourth-order valence-electron chi connectivity index (χ4n) is 1.86. The molecule has 0 aliphatic heterocycles. The van der Waals surface area contributed by atoms with Crippen LogP contribution in [0.25, 0.3) is 0 Å². The normalized spacial score (nSPS) is 12.0. The van der Waals surface area contributed by atoms with E-state index in [9.17, 15) is 5.11 Å². The maximum Gasteiger partial charge on any atom is 0.105 e. The lowest BCUT2D eigenvalue weighted by Crippen LogP contribution is -2.48. The van der Waals surface area contributed by atoms with Crippen LogP contribution in [-0.2, 0) is 6.54 Å². The summed E-state index contributed by atoms with van der Waals surface area (Å²) >= 11 is 0. The topological polar surface area (TPSA) is 50.1 Å². The van der Waals surface area contributed by atoms with Crippen LogP contribution in [0.2, 0.25) is 0 Å². The van der Waals surface area contributed by atoms with E-state index in [1.165, 1.54) is 0 Å². The molecule has 4 heteroatoms. The molecule has 0 radical (unpaired) electrons. The van der Waals surface area contributed by atoms with Gasteiger partial charge in [-0.05, 0) is 19.8 Å². The summed E-state index contributed by atoms with van der Waals surface area (Å²) < 4.78 is 2.11. The van der Waals surface area contributed by atoms with Gasteiger partial charge in [-0.15, -0.1) is 0 Å². The fourth-order valence-corrected chi connectivity index (χ4v) is 1.86. The summed E-state index contributed by atoms with van der Waals surface area (Å²) in [5.41, 5.74) is -0.117. The zero-order valence-corrected chi connectivity index (χ0v) is 10.5. The van der Waals surface area contributed by atoms with E-state index in [1.807, 2.05) is 19.3 Å². The SMILES string of the molecule is CCC(CC)(CO)NCCn1ccnc1C. The van der Waals surface area contributed by atoms with E-state index < -0.39 is 0 Å². The van der Waals surface area contributed by atoms with Crippen LogP contribution in [0.4, 0.5) is 0 Å². The molecule has 0 aliphatic rings. The Labute approximate surface area is 97.7 Å². The number of aryl methyl sites for hydroxylation is 1. The van der Waals surface area contributed by atoms with Crippen LogP contribution in [0.1, 0.15) is 32.5 Å². The van der Waals surface area contributed by atoms with Gasteiger partial charge in [0.05, 0.1) is 6.61 Å². The number of rotatable bonds is 7. The van der Waals surface area contributed by atoms with E-state index in [4.69, 9.17) is 0 Å². The predicted molar refractivity (Wildman–Crippen MR) is 65.4 cm³/mol. The lowest BCUT2D eigenvalue weighted by Gasteiger charge is -2.31. The molecule has 2 N–H and O–H groups in total. The molecule has 1 aromatic heterocycles. The Morgan fingerprint density at radius 2 is 2.12 bits per heavy atom. The summed E-state index contributed by atoms with van der Waals surface area (Å²) in [7, 11) is 0. The van der Waals surface area contributed by atoms with Gasteiger partial charge in [0.2, 0.25) is 0 Å². The number of aliphatic hydroxyl groups excluding tert-OH is 1. The average Bonchev–Trinajstić information content (AvgIpc) is 2.71. The van der Waals surface area contributed by atoms with E-state index in [0.29, 0.717) is 0 Å². The standard InChI is InChI=1S/C12H23N3O/c1-4-12(5-2,10-16)14-7-9-15-8-6-13-11(15)3/h6,8,14,16H,4-5,7,9-10H2,1-3H3. The molecular weight excluding hydrogens is 202 g/mol. The summed E-state index contributed by atoms with van der Waals surface area (Å²) in [6.07, 6.45) is 5.69. The van der Waals surface area contributed by atoms with Crippen molar-refractivity contribution in [1.82, 2.24) is 14.9 Å². The van der Waals surface area contributed by atoms with Crippen LogP contribution >= 0.6 is 0 Å². The van der Waals surface area contributed by atoms with Crippen LogP contribution in [0.15, 0.2) is 12.4 Å². The highest BCUT2D eigenvalue weighted by Crippen LogP contribution is 2.13. The van der Waals surface area contributed by atoms with Gasteiger partial charge >= 0.3 is 0 Å². The molecule has 0 unspecified atom stereocenters. The maximum absolute atomic E-state index is 9.41. The first kappa shape index (κ1) is 13.2. The van der Waals surface area contributed by atoms with Gasteiger partial charge in [-0.25, -0.2) is 4.98 Å². The van der Waals surface area contributed by atoms with Crippen LogP contribution in [-0.4, -0.2) is 33.3 Å². The van der Waals surface area contributed by atoms with Gasteiger partial charge in [-0.3, -0.25) is 0 Å². The van der Waals surface area contributed by atoms with Gasteiger partial charge < -0.3 is 15.0 Å². The second-order valence-corrected chi connectivity index (χ2v) is 4.24. The molecule has 0 aromatic carbocycles. The Bertz CT molecular complexity index is 297. The third kappa shape index (κ3) is 3.06. The molecule has 0 bridgehead atoms. The lowest BCUT2D eigenvalue weighted by molar-refractivity contribution is 0.150. The Morgan fingerprint density at radius 3 is 2.56 bits per heavy atom. The van der Waals surface area contributed by atoms with E-state index in [2.05, 4.69) is 28.7 Å². The van der Waals surface area contributed by atoms with Crippen LogP contribution < -0.4 is 5.32 Å². The van der Waals surface area contributed by atoms with E-state index >= 15 is 0 Å². The molecule has 0 spiro atoms. The number of nitrogens with zero attached hydrogens (tertiary/aromatic N) is 2. The van der Waals surface area contributed by atoms with Crippen molar-refractivity contribution in [2.45, 2.75) is 45.7 Å². The molecule has 0 saturated carbocycles. The van der Waals surface area contributed by atoms with Crippen molar-refractivity contribution in [2.75, 3.05) is 13.2 Å². The van der Waals surface area contributed by atoms with Crippen molar-refractivity contribution in [2.24, 2.45) is 0 Å². The average molecular weight is 225 g/mol. The third-order valence-corrected chi connectivity index (χ3v) is 3.43. The fraction of sp³-hybridized carbons (Fsp3) is 0.750. The minimum atomic E-state index is -0.117. The van der Waals surface area contributed by atoms with Crippen LogP contribution in [0.5, 0.6) is 0 Å². The molecular formula is C12H23N3O. The summed E-state index contributed by atoms with van der Waals surface area (Å²) in [6, 6.07) is 0. The van der Waals surface area contributed by atoms with Crippen molar-refractivity contribution in [3.63, 3.8) is 0 Å². The van der Waals surface area contributed by atoms with E-state index in [0.717, 1.165) is 31.8 Å². The number of hydrogen-bond donors (Lipinski definition) is 2. The quantitative estimate of drug-likeness (QED) is 0.736. The zero-order chi connectivity index (χ0) is 12.0. The summed E-state index contributed by atoms with van der Waals surface area (Å²) in [5.74, 6) is 1.03. The minimum Gasteiger partial charge on any atom is -0.394 e. The molecule has 0 saturated heterocycles. The predicted octanol–water partition coefficient (Wildman–Crippen LogP) is 1.33. The van der Waals surface area contributed by atoms with Gasteiger partial charge in [0.15, 0.2) is 0 Å². The van der Waals surface area contributed by atoms with Crippen molar-refractivity contribution in [1.29, 1.82) is 0 Å².